The molecule has 0 aromatic heterocycles. The van der Waals surface area contributed by atoms with Crippen LogP contribution in [0, 0.1) is 17.1 Å². The summed E-state index contributed by atoms with van der Waals surface area (Å²) in [5.41, 5.74) is 2.03. The highest BCUT2D eigenvalue weighted by molar-refractivity contribution is 9.10. The standard InChI is InChI=1S/C16H14BrFN2O/c1-21-16-5-2-11(6-12(16)8-19)9-20-10-13-7-14(17)3-4-15(13)18/h2-7,20H,9-10H2,1H3. The van der Waals surface area contributed by atoms with Gasteiger partial charge in [0.2, 0.25) is 0 Å². The van der Waals surface area contributed by atoms with Crippen LogP contribution < -0.4 is 10.1 Å². The summed E-state index contributed by atoms with van der Waals surface area (Å²) in [7, 11) is 1.53. The van der Waals surface area contributed by atoms with Crippen LogP contribution in [0.1, 0.15) is 16.7 Å². The second kappa shape index (κ2) is 7.21. The van der Waals surface area contributed by atoms with Crippen LogP contribution in [-0.4, -0.2) is 7.11 Å². The van der Waals surface area contributed by atoms with Crippen molar-refractivity contribution < 1.29 is 9.13 Å². The highest BCUT2D eigenvalue weighted by Gasteiger charge is 2.05. The van der Waals surface area contributed by atoms with Gasteiger partial charge < -0.3 is 10.1 Å². The summed E-state index contributed by atoms with van der Waals surface area (Å²) >= 11 is 3.32. The SMILES string of the molecule is COc1ccc(CNCc2cc(Br)ccc2F)cc1C#N. The number of methoxy groups -OCH3 is 1. The predicted octanol–water partition coefficient (Wildman–Crippen LogP) is 3.76. The molecule has 0 saturated carbocycles. The first-order chi connectivity index (χ1) is 10.1. The molecule has 0 aliphatic carbocycles. The van der Waals surface area contributed by atoms with E-state index in [4.69, 9.17) is 10.00 Å². The van der Waals surface area contributed by atoms with Gasteiger partial charge in [-0.2, -0.15) is 5.26 Å². The lowest BCUT2D eigenvalue weighted by Gasteiger charge is -2.08. The fourth-order valence-electron chi connectivity index (χ4n) is 1.97. The maximum atomic E-state index is 13.6. The topological polar surface area (TPSA) is 45.0 Å². The molecule has 5 heteroatoms. The predicted molar refractivity (Wildman–Crippen MR) is 82.4 cm³/mol. The maximum Gasteiger partial charge on any atom is 0.136 e. The second-order valence-corrected chi connectivity index (χ2v) is 5.40. The Kier molecular flexibility index (Phi) is 5.32. The smallest absolute Gasteiger partial charge is 0.136 e. The molecule has 0 saturated heterocycles. The van der Waals surface area contributed by atoms with Crippen LogP contribution >= 0.6 is 15.9 Å². The van der Waals surface area contributed by atoms with E-state index in [0.29, 0.717) is 30.0 Å². The van der Waals surface area contributed by atoms with Gasteiger partial charge in [-0.05, 0) is 35.9 Å². The van der Waals surface area contributed by atoms with Gasteiger partial charge in [0.1, 0.15) is 17.6 Å². The summed E-state index contributed by atoms with van der Waals surface area (Å²) < 4.78 is 19.5. The Morgan fingerprint density at radius 2 is 2.05 bits per heavy atom. The van der Waals surface area contributed by atoms with Crippen molar-refractivity contribution in [2.75, 3.05) is 7.11 Å². The van der Waals surface area contributed by atoms with Crippen LogP contribution in [0.4, 0.5) is 4.39 Å². The molecular weight excluding hydrogens is 335 g/mol. The Morgan fingerprint density at radius 3 is 2.76 bits per heavy atom. The lowest BCUT2D eigenvalue weighted by molar-refractivity contribution is 0.413. The van der Waals surface area contributed by atoms with Gasteiger partial charge in [-0.1, -0.05) is 22.0 Å². The minimum absolute atomic E-state index is 0.238. The summed E-state index contributed by atoms with van der Waals surface area (Å²) in [5, 5.41) is 12.2. The maximum absolute atomic E-state index is 13.6. The van der Waals surface area contributed by atoms with E-state index in [9.17, 15) is 4.39 Å². The lowest BCUT2D eigenvalue weighted by atomic mass is 10.1. The van der Waals surface area contributed by atoms with E-state index in [-0.39, 0.29) is 5.82 Å². The molecule has 2 aromatic carbocycles. The molecule has 108 valence electrons. The number of ether oxygens (including phenoxy) is 1. The molecule has 21 heavy (non-hydrogen) atoms. The fourth-order valence-corrected chi connectivity index (χ4v) is 2.38. The van der Waals surface area contributed by atoms with Gasteiger partial charge >= 0.3 is 0 Å². The van der Waals surface area contributed by atoms with Gasteiger partial charge in [0.25, 0.3) is 0 Å². The van der Waals surface area contributed by atoms with E-state index >= 15 is 0 Å². The first kappa shape index (κ1) is 15.5. The largest absolute Gasteiger partial charge is 0.495 e. The Morgan fingerprint density at radius 1 is 1.24 bits per heavy atom. The molecule has 0 amide bonds. The first-order valence-electron chi connectivity index (χ1n) is 6.35. The summed E-state index contributed by atoms with van der Waals surface area (Å²) in [6.07, 6.45) is 0. The number of hydrogen-bond acceptors (Lipinski definition) is 3. The van der Waals surface area contributed by atoms with Crippen molar-refractivity contribution in [2.24, 2.45) is 0 Å². The van der Waals surface area contributed by atoms with Crippen LogP contribution in [-0.2, 0) is 13.1 Å². The van der Waals surface area contributed by atoms with E-state index in [1.807, 2.05) is 6.07 Å². The molecule has 0 fully saturated rings. The molecule has 2 aromatic rings. The van der Waals surface area contributed by atoms with Crippen LogP contribution in [0.3, 0.4) is 0 Å². The molecule has 1 N–H and O–H groups in total. The zero-order valence-corrected chi connectivity index (χ0v) is 13.1. The molecule has 2 rings (SSSR count). The number of halogens is 2. The number of nitrogens with zero attached hydrogens (tertiary/aromatic N) is 1. The van der Waals surface area contributed by atoms with Crippen molar-refractivity contribution in [1.82, 2.24) is 5.32 Å². The lowest BCUT2D eigenvalue weighted by Crippen LogP contribution is -2.14. The summed E-state index contributed by atoms with van der Waals surface area (Å²) in [6.45, 7) is 0.962. The highest BCUT2D eigenvalue weighted by Crippen LogP contribution is 2.19. The number of hydrogen-bond donors (Lipinski definition) is 1. The van der Waals surface area contributed by atoms with E-state index in [1.165, 1.54) is 13.2 Å². The normalized spacial score (nSPS) is 10.2. The third-order valence-electron chi connectivity index (χ3n) is 3.04. The van der Waals surface area contributed by atoms with Gasteiger partial charge in [-0.15, -0.1) is 0 Å². The van der Waals surface area contributed by atoms with Gasteiger partial charge in [0.05, 0.1) is 12.7 Å². The molecule has 0 spiro atoms. The molecule has 0 aliphatic heterocycles. The van der Waals surface area contributed by atoms with Crippen molar-refractivity contribution in [3.63, 3.8) is 0 Å². The Balaban J connectivity index is 2.01. The molecule has 0 bridgehead atoms. The molecule has 0 heterocycles. The Hall–Kier alpha value is -1.90. The van der Waals surface area contributed by atoms with Crippen molar-refractivity contribution in [3.8, 4) is 11.8 Å². The van der Waals surface area contributed by atoms with Crippen molar-refractivity contribution in [2.45, 2.75) is 13.1 Å². The first-order valence-corrected chi connectivity index (χ1v) is 7.15. The third-order valence-corrected chi connectivity index (χ3v) is 3.53. The number of nitrogens with one attached hydrogen (secondary N) is 1. The zero-order valence-electron chi connectivity index (χ0n) is 11.5. The Labute approximate surface area is 131 Å². The van der Waals surface area contributed by atoms with Crippen LogP contribution in [0.15, 0.2) is 40.9 Å². The van der Waals surface area contributed by atoms with Crippen LogP contribution in [0.25, 0.3) is 0 Å². The third kappa shape index (κ3) is 4.03. The second-order valence-electron chi connectivity index (χ2n) is 4.49. The molecule has 0 atom stereocenters. The summed E-state index contributed by atoms with van der Waals surface area (Å²) in [5.74, 6) is 0.317. The average molecular weight is 349 g/mol. The van der Waals surface area contributed by atoms with E-state index in [1.54, 1.807) is 24.3 Å². The monoisotopic (exact) mass is 348 g/mol. The van der Waals surface area contributed by atoms with Gasteiger partial charge in [-0.25, -0.2) is 4.39 Å². The van der Waals surface area contributed by atoms with Gasteiger partial charge in [0, 0.05) is 23.1 Å². The molecule has 0 radical (unpaired) electrons. The van der Waals surface area contributed by atoms with E-state index in [2.05, 4.69) is 27.3 Å². The van der Waals surface area contributed by atoms with Gasteiger partial charge in [0.15, 0.2) is 0 Å². The highest BCUT2D eigenvalue weighted by atomic mass is 79.9. The quantitative estimate of drug-likeness (QED) is 0.894. The average Bonchev–Trinajstić information content (AvgIpc) is 2.50. The molecule has 0 aliphatic rings. The molecular formula is C16H14BrFN2O. The van der Waals surface area contributed by atoms with Gasteiger partial charge in [-0.3, -0.25) is 0 Å². The zero-order chi connectivity index (χ0) is 15.2. The minimum Gasteiger partial charge on any atom is -0.495 e. The van der Waals surface area contributed by atoms with Crippen LogP contribution in [0.2, 0.25) is 0 Å². The fraction of sp³-hybridized carbons (Fsp3) is 0.188. The minimum atomic E-state index is -0.238. The molecule has 0 unspecified atom stereocenters. The summed E-state index contributed by atoms with van der Waals surface area (Å²) in [6, 6.07) is 12.3. The van der Waals surface area contributed by atoms with Crippen molar-refractivity contribution >= 4 is 15.9 Å². The number of nitriles is 1. The van der Waals surface area contributed by atoms with Crippen molar-refractivity contribution in [3.05, 3.63) is 63.4 Å². The number of rotatable bonds is 5. The van der Waals surface area contributed by atoms with E-state index in [0.717, 1.165) is 10.0 Å². The van der Waals surface area contributed by atoms with Crippen LogP contribution in [0.5, 0.6) is 5.75 Å². The summed E-state index contributed by atoms with van der Waals surface area (Å²) in [4.78, 5) is 0. The van der Waals surface area contributed by atoms with E-state index < -0.39 is 0 Å². The van der Waals surface area contributed by atoms with Crippen molar-refractivity contribution in [1.29, 1.82) is 5.26 Å². The molecule has 3 nitrogen and oxygen atoms in total. The Bertz CT molecular complexity index is 682. The number of benzene rings is 2.